The molecule has 4 nitrogen and oxygen atoms in total. The summed E-state index contributed by atoms with van der Waals surface area (Å²) in [6, 6.07) is 14.9. The van der Waals surface area contributed by atoms with Crippen LogP contribution in [0.3, 0.4) is 0 Å². The van der Waals surface area contributed by atoms with E-state index in [1.165, 1.54) is 0 Å². The molecule has 0 unspecified atom stereocenters. The normalized spacial score (nSPS) is 14.0. The van der Waals surface area contributed by atoms with Crippen molar-refractivity contribution >= 4 is 23.1 Å². The lowest BCUT2D eigenvalue weighted by Crippen LogP contribution is -2.12. The molecule has 2 N–H and O–H groups in total. The average molecular weight is 320 g/mol. The van der Waals surface area contributed by atoms with E-state index in [4.69, 9.17) is 0 Å². The molecule has 0 bridgehead atoms. The molecule has 0 fully saturated rings. The molecular formula is C20H20N2O2. The zero-order valence-corrected chi connectivity index (χ0v) is 13.8. The van der Waals surface area contributed by atoms with Gasteiger partial charge in [0.05, 0.1) is 0 Å². The lowest BCUT2D eigenvalue weighted by atomic mass is 10.1. The summed E-state index contributed by atoms with van der Waals surface area (Å²) in [6.45, 7) is 3.81. The number of ketones is 1. The molecule has 122 valence electrons. The standard InChI is InChI=1S/C20H20N2O2/c1-13-12-15(20(24)21-16-6-4-3-5-7-16)8-9-17(13)22-18-10-11-19(23)14(18)2/h3-9,12,22H,10-11H2,1-2H3,(H,21,24). The number of carbonyl (C=O) groups excluding carboxylic acids is 2. The first-order valence-electron chi connectivity index (χ1n) is 8.01. The number of aryl methyl sites for hydroxylation is 1. The monoisotopic (exact) mass is 320 g/mol. The SMILES string of the molecule is CC1=C(Nc2ccc(C(=O)Nc3ccccc3)cc2C)CCC1=O. The number of benzene rings is 2. The van der Waals surface area contributed by atoms with Crippen LogP contribution in [0.4, 0.5) is 11.4 Å². The fraction of sp³-hybridized carbons (Fsp3) is 0.200. The molecule has 0 spiro atoms. The van der Waals surface area contributed by atoms with Crippen molar-refractivity contribution in [2.45, 2.75) is 26.7 Å². The number of allylic oxidation sites excluding steroid dienone is 2. The second-order valence-corrected chi connectivity index (χ2v) is 6.00. The summed E-state index contributed by atoms with van der Waals surface area (Å²) in [7, 11) is 0. The summed E-state index contributed by atoms with van der Waals surface area (Å²) < 4.78 is 0. The van der Waals surface area contributed by atoms with E-state index in [0.29, 0.717) is 12.0 Å². The Labute approximate surface area is 141 Å². The van der Waals surface area contributed by atoms with Crippen molar-refractivity contribution in [2.24, 2.45) is 0 Å². The Bertz CT molecular complexity index is 823. The first-order valence-corrected chi connectivity index (χ1v) is 8.01. The van der Waals surface area contributed by atoms with Crippen LogP contribution in [0.2, 0.25) is 0 Å². The molecule has 0 heterocycles. The van der Waals surface area contributed by atoms with Crippen LogP contribution in [0.25, 0.3) is 0 Å². The third-order valence-corrected chi connectivity index (χ3v) is 4.28. The Kier molecular flexibility index (Phi) is 4.47. The number of amides is 1. The molecule has 2 aromatic carbocycles. The third kappa shape index (κ3) is 3.38. The first-order chi connectivity index (χ1) is 11.5. The summed E-state index contributed by atoms with van der Waals surface area (Å²) in [5.41, 5.74) is 5.05. The van der Waals surface area contributed by atoms with Gasteiger partial charge in [0.15, 0.2) is 5.78 Å². The first kappa shape index (κ1) is 16.0. The van der Waals surface area contributed by atoms with E-state index < -0.39 is 0 Å². The molecular weight excluding hydrogens is 300 g/mol. The quantitative estimate of drug-likeness (QED) is 0.883. The van der Waals surface area contributed by atoms with Crippen molar-refractivity contribution in [1.82, 2.24) is 0 Å². The van der Waals surface area contributed by atoms with E-state index in [0.717, 1.165) is 34.6 Å². The summed E-state index contributed by atoms with van der Waals surface area (Å²) >= 11 is 0. The Morgan fingerprint density at radius 2 is 1.75 bits per heavy atom. The van der Waals surface area contributed by atoms with Crippen LogP contribution in [-0.2, 0) is 4.79 Å². The fourth-order valence-corrected chi connectivity index (χ4v) is 2.77. The number of anilines is 2. The molecule has 1 aliphatic carbocycles. The minimum Gasteiger partial charge on any atom is -0.358 e. The Hall–Kier alpha value is -2.88. The molecule has 0 atom stereocenters. The number of carbonyl (C=O) groups is 2. The number of Topliss-reactive ketones (excluding diaryl/α,β-unsaturated/α-hetero) is 1. The molecule has 0 saturated carbocycles. The van der Waals surface area contributed by atoms with Gasteiger partial charge in [0.2, 0.25) is 0 Å². The average Bonchev–Trinajstić information content (AvgIpc) is 2.89. The minimum atomic E-state index is -0.137. The van der Waals surface area contributed by atoms with Gasteiger partial charge in [-0.05, 0) is 56.2 Å². The van der Waals surface area contributed by atoms with Gasteiger partial charge >= 0.3 is 0 Å². The van der Waals surface area contributed by atoms with Gasteiger partial charge in [-0.25, -0.2) is 0 Å². The third-order valence-electron chi connectivity index (χ3n) is 4.28. The predicted octanol–water partition coefficient (Wildman–Crippen LogP) is 4.30. The van der Waals surface area contributed by atoms with Gasteiger partial charge in [0.25, 0.3) is 5.91 Å². The topological polar surface area (TPSA) is 58.2 Å². The van der Waals surface area contributed by atoms with Crippen LogP contribution in [0, 0.1) is 6.92 Å². The predicted molar refractivity (Wildman–Crippen MR) is 96.1 cm³/mol. The maximum Gasteiger partial charge on any atom is 0.255 e. The highest BCUT2D eigenvalue weighted by Crippen LogP contribution is 2.26. The van der Waals surface area contributed by atoms with Crippen LogP contribution in [0.15, 0.2) is 59.8 Å². The molecule has 0 radical (unpaired) electrons. The second kappa shape index (κ2) is 6.71. The van der Waals surface area contributed by atoms with Crippen molar-refractivity contribution < 1.29 is 9.59 Å². The van der Waals surface area contributed by atoms with E-state index in [9.17, 15) is 9.59 Å². The molecule has 24 heavy (non-hydrogen) atoms. The van der Waals surface area contributed by atoms with Crippen LogP contribution < -0.4 is 10.6 Å². The van der Waals surface area contributed by atoms with Gasteiger partial charge in [-0.2, -0.15) is 0 Å². The van der Waals surface area contributed by atoms with Gasteiger partial charge in [0.1, 0.15) is 0 Å². The minimum absolute atomic E-state index is 0.137. The second-order valence-electron chi connectivity index (χ2n) is 6.00. The van der Waals surface area contributed by atoms with Gasteiger partial charge in [-0.1, -0.05) is 18.2 Å². The number of nitrogens with one attached hydrogen (secondary N) is 2. The molecule has 1 amide bonds. The van der Waals surface area contributed by atoms with Gasteiger partial charge < -0.3 is 10.6 Å². The zero-order valence-electron chi connectivity index (χ0n) is 13.8. The molecule has 0 aromatic heterocycles. The van der Waals surface area contributed by atoms with Crippen LogP contribution in [0.5, 0.6) is 0 Å². The number of para-hydroxylation sites is 1. The van der Waals surface area contributed by atoms with E-state index >= 15 is 0 Å². The van der Waals surface area contributed by atoms with E-state index in [2.05, 4.69) is 10.6 Å². The summed E-state index contributed by atoms with van der Waals surface area (Å²) in [6.07, 6.45) is 1.32. The highest BCUT2D eigenvalue weighted by Gasteiger charge is 2.19. The van der Waals surface area contributed by atoms with E-state index in [-0.39, 0.29) is 11.7 Å². The Morgan fingerprint density at radius 1 is 1.00 bits per heavy atom. The molecule has 0 saturated heterocycles. The largest absolute Gasteiger partial charge is 0.358 e. The van der Waals surface area contributed by atoms with E-state index in [1.807, 2.05) is 56.3 Å². The van der Waals surface area contributed by atoms with Gasteiger partial charge in [-0.3, -0.25) is 9.59 Å². The molecule has 4 heteroatoms. The van der Waals surface area contributed by atoms with Crippen molar-refractivity contribution in [2.75, 3.05) is 10.6 Å². The smallest absolute Gasteiger partial charge is 0.255 e. The van der Waals surface area contributed by atoms with Gasteiger partial charge in [0, 0.05) is 34.6 Å². The molecule has 1 aliphatic rings. The van der Waals surface area contributed by atoms with Crippen LogP contribution in [0.1, 0.15) is 35.7 Å². The lowest BCUT2D eigenvalue weighted by Gasteiger charge is -2.13. The Balaban J connectivity index is 1.75. The fourth-order valence-electron chi connectivity index (χ4n) is 2.77. The van der Waals surface area contributed by atoms with Gasteiger partial charge in [-0.15, -0.1) is 0 Å². The number of hydrogen-bond acceptors (Lipinski definition) is 3. The highest BCUT2D eigenvalue weighted by molar-refractivity contribution is 6.04. The van der Waals surface area contributed by atoms with Crippen molar-refractivity contribution in [3.63, 3.8) is 0 Å². The van der Waals surface area contributed by atoms with Crippen LogP contribution >= 0.6 is 0 Å². The number of hydrogen-bond donors (Lipinski definition) is 2. The van der Waals surface area contributed by atoms with Crippen molar-refractivity contribution in [3.8, 4) is 0 Å². The summed E-state index contributed by atoms with van der Waals surface area (Å²) in [5.74, 6) is 0.0660. The lowest BCUT2D eigenvalue weighted by molar-refractivity contribution is -0.114. The number of rotatable bonds is 4. The van der Waals surface area contributed by atoms with Crippen molar-refractivity contribution in [1.29, 1.82) is 0 Å². The van der Waals surface area contributed by atoms with Crippen LogP contribution in [-0.4, -0.2) is 11.7 Å². The van der Waals surface area contributed by atoms with E-state index in [1.54, 1.807) is 6.07 Å². The Morgan fingerprint density at radius 3 is 2.38 bits per heavy atom. The van der Waals surface area contributed by atoms with Crippen molar-refractivity contribution in [3.05, 3.63) is 70.9 Å². The zero-order chi connectivity index (χ0) is 17.1. The summed E-state index contributed by atoms with van der Waals surface area (Å²) in [5, 5.41) is 6.21. The maximum atomic E-state index is 12.3. The summed E-state index contributed by atoms with van der Waals surface area (Å²) in [4.78, 5) is 24.0. The highest BCUT2D eigenvalue weighted by atomic mass is 16.1. The molecule has 3 rings (SSSR count). The molecule has 0 aliphatic heterocycles. The molecule has 2 aromatic rings. The maximum absolute atomic E-state index is 12.3.